The Morgan fingerprint density at radius 3 is 2.94 bits per heavy atom. The molecule has 17 heavy (non-hydrogen) atoms. The SMILES string of the molecule is COC1CCC(=O)CC1C1OC1CC=C(C)C. The van der Waals surface area contributed by atoms with Gasteiger partial charge in [-0.1, -0.05) is 11.6 Å². The van der Waals surface area contributed by atoms with Gasteiger partial charge < -0.3 is 9.47 Å². The highest BCUT2D eigenvalue weighted by Crippen LogP contribution is 2.40. The Hall–Kier alpha value is -0.670. The zero-order valence-corrected chi connectivity index (χ0v) is 10.9. The zero-order valence-electron chi connectivity index (χ0n) is 10.9. The highest BCUT2D eigenvalue weighted by atomic mass is 16.6. The molecule has 1 aliphatic carbocycles. The number of carbonyl (C=O) groups excluding carboxylic acids is 1. The molecular formula is C14H22O3. The lowest BCUT2D eigenvalue weighted by Crippen LogP contribution is -2.35. The van der Waals surface area contributed by atoms with Gasteiger partial charge >= 0.3 is 0 Å². The average molecular weight is 238 g/mol. The van der Waals surface area contributed by atoms with Crippen LogP contribution in [0.5, 0.6) is 0 Å². The Morgan fingerprint density at radius 1 is 1.53 bits per heavy atom. The molecule has 1 saturated carbocycles. The van der Waals surface area contributed by atoms with Crippen LogP contribution in [0.1, 0.15) is 39.5 Å². The molecule has 3 heteroatoms. The summed E-state index contributed by atoms with van der Waals surface area (Å²) in [5, 5.41) is 0. The van der Waals surface area contributed by atoms with Crippen LogP contribution in [0, 0.1) is 5.92 Å². The topological polar surface area (TPSA) is 38.8 Å². The number of epoxide rings is 1. The predicted octanol–water partition coefficient (Wildman–Crippen LogP) is 2.49. The highest BCUT2D eigenvalue weighted by Gasteiger charge is 2.48. The van der Waals surface area contributed by atoms with Gasteiger partial charge in [0.25, 0.3) is 0 Å². The molecule has 0 aromatic rings. The van der Waals surface area contributed by atoms with Gasteiger partial charge in [-0.25, -0.2) is 0 Å². The Balaban J connectivity index is 1.89. The molecule has 1 saturated heterocycles. The summed E-state index contributed by atoms with van der Waals surface area (Å²) in [5.41, 5.74) is 1.32. The van der Waals surface area contributed by atoms with Gasteiger partial charge in [-0.3, -0.25) is 4.79 Å². The number of Topliss-reactive ketones (excluding diaryl/α,β-unsaturated/α-hetero) is 1. The van der Waals surface area contributed by atoms with E-state index in [1.165, 1.54) is 5.57 Å². The van der Waals surface area contributed by atoms with E-state index in [-0.39, 0.29) is 18.1 Å². The molecule has 0 spiro atoms. The lowest BCUT2D eigenvalue weighted by molar-refractivity contribution is -0.125. The van der Waals surface area contributed by atoms with Crippen molar-refractivity contribution in [1.29, 1.82) is 0 Å². The van der Waals surface area contributed by atoms with Gasteiger partial charge in [0, 0.05) is 25.9 Å². The predicted molar refractivity (Wildman–Crippen MR) is 65.9 cm³/mol. The van der Waals surface area contributed by atoms with Gasteiger partial charge in [-0.05, 0) is 26.7 Å². The van der Waals surface area contributed by atoms with Crippen molar-refractivity contribution in [1.82, 2.24) is 0 Å². The fraction of sp³-hybridized carbons (Fsp3) is 0.786. The minimum absolute atomic E-state index is 0.203. The molecule has 0 aromatic carbocycles. The summed E-state index contributed by atoms with van der Waals surface area (Å²) in [6.45, 7) is 4.19. The van der Waals surface area contributed by atoms with E-state index < -0.39 is 0 Å². The van der Waals surface area contributed by atoms with Crippen molar-refractivity contribution in [2.75, 3.05) is 7.11 Å². The summed E-state index contributed by atoms with van der Waals surface area (Å²) in [6.07, 6.45) is 6.07. The molecule has 3 nitrogen and oxygen atoms in total. The van der Waals surface area contributed by atoms with Gasteiger partial charge in [0.05, 0.1) is 18.3 Å². The van der Waals surface area contributed by atoms with E-state index in [1.54, 1.807) is 7.11 Å². The summed E-state index contributed by atoms with van der Waals surface area (Å²) < 4.78 is 11.2. The molecule has 0 N–H and O–H groups in total. The number of hydrogen-bond acceptors (Lipinski definition) is 3. The molecule has 4 unspecified atom stereocenters. The van der Waals surface area contributed by atoms with Crippen molar-refractivity contribution in [2.45, 2.75) is 57.8 Å². The van der Waals surface area contributed by atoms with E-state index in [4.69, 9.17) is 9.47 Å². The monoisotopic (exact) mass is 238 g/mol. The van der Waals surface area contributed by atoms with Crippen LogP contribution in [0.3, 0.4) is 0 Å². The molecule has 0 bridgehead atoms. The molecule has 1 heterocycles. The third-order valence-electron chi connectivity index (χ3n) is 3.75. The standard InChI is InChI=1S/C14H22O3/c1-9(2)4-6-13-14(17-13)11-8-10(15)5-7-12(11)16-3/h4,11-14H,5-8H2,1-3H3. The Morgan fingerprint density at radius 2 is 2.29 bits per heavy atom. The molecule has 0 aromatic heterocycles. The van der Waals surface area contributed by atoms with E-state index in [9.17, 15) is 4.79 Å². The smallest absolute Gasteiger partial charge is 0.133 e. The minimum Gasteiger partial charge on any atom is -0.381 e. The van der Waals surface area contributed by atoms with E-state index in [0.29, 0.717) is 24.7 Å². The molecule has 96 valence electrons. The summed E-state index contributed by atoms with van der Waals surface area (Å²) >= 11 is 0. The van der Waals surface area contributed by atoms with Gasteiger partial charge in [-0.15, -0.1) is 0 Å². The van der Waals surface area contributed by atoms with Gasteiger partial charge in [0.15, 0.2) is 0 Å². The Kier molecular flexibility index (Phi) is 4.00. The van der Waals surface area contributed by atoms with Crippen molar-refractivity contribution < 1.29 is 14.3 Å². The molecule has 2 fully saturated rings. The van der Waals surface area contributed by atoms with E-state index >= 15 is 0 Å². The first-order valence-corrected chi connectivity index (χ1v) is 6.45. The van der Waals surface area contributed by atoms with Crippen LogP contribution >= 0.6 is 0 Å². The largest absolute Gasteiger partial charge is 0.381 e. The van der Waals surface area contributed by atoms with Crippen LogP contribution in [-0.2, 0) is 14.3 Å². The fourth-order valence-corrected chi connectivity index (χ4v) is 2.71. The number of rotatable bonds is 4. The van der Waals surface area contributed by atoms with Crippen molar-refractivity contribution >= 4 is 5.78 Å². The summed E-state index contributed by atoms with van der Waals surface area (Å²) in [7, 11) is 1.74. The maximum atomic E-state index is 11.5. The number of hydrogen-bond donors (Lipinski definition) is 0. The minimum atomic E-state index is 0.203. The van der Waals surface area contributed by atoms with Crippen LogP contribution in [0.15, 0.2) is 11.6 Å². The zero-order chi connectivity index (χ0) is 12.4. The van der Waals surface area contributed by atoms with E-state index in [1.807, 2.05) is 0 Å². The van der Waals surface area contributed by atoms with Crippen LogP contribution in [0.2, 0.25) is 0 Å². The Labute approximate surface area is 103 Å². The van der Waals surface area contributed by atoms with E-state index in [0.717, 1.165) is 12.8 Å². The summed E-state index contributed by atoms with van der Waals surface area (Å²) in [4.78, 5) is 11.5. The number of allylic oxidation sites excluding steroid dienone is 1. The molecule has 0 radical (unpaired) electrons. The van der Waals surface area contributed by atoms with Crippen LogP contribution in [0.4, 0.5) is 0 Å². The first-order chi connectivity index (χ1) is 8.11. The molecule has 2 rings (SSSR count). The third kappa shape index (κ3) is 3.17. The number of ether oxygens (including phenoxy) is 2. The molecule has 1 aliphatic heterocycles. The molecule has 2 aliphatic rings. The lowest BCUT2D eigenvalue weighted by Gasteiger charge is -2.28. The van der Waals surface area contributed by atoms with Crippen molar-refractivity contribution in [3.8, 4) is 0 Å². The third-order valence-corrected chi connectivity index (χ3v) is 3.75. The second kappa shape index (κ2) is 5.32. The lowest BCUT2D eigenvalue weighted by atomic mass is 9.82. The first kappa shape index (κ1) is 12.8. The second-order valence-electron chi connectivity index (χ2n) is 5.38. The summed E-state index contributed by atoms with van der Waals surface area (Å²) in [5.74, 6) is 0.636. The fourth-order valence-electron chi connectivity index (χ4n) is 2.71. The quantitative estimate of drug-likeness (QED) is 0.558. The number of ketones is 1. The Bertz CT molecular complexity index is 317. The van der Waals surface area contributed by atoms with Crippen LogP contribution in [-0.4, -0.2) is 31.2 Å². The number of carbonyl (C=O) groups is 1. The van der Waals surface area contributed by atoms with Crippen molar-refractivity contribution in [3.05, 3.63) is 11.6 Å². The van der Waals surface area contributed by atoms with Crippen LogP contribution < -0.4 is 0 Å². The normalized spacial score (nSPS) is 36.8. The maximum Gasteiger partial charge on any atom is 0.133 e. The summed E-state index contributed by atoms with van der Waals surface area (Å²) in [6, 6.07) is 0. The van der Waals surface area contributed by atoms with Crippen molar-refractivity contribution in [2.24, 2.45) is 5.92 Å². The van der Waals surface area contributed by atoms with E-state index in [2.05, 4.69) is 19.9 Å². The number of methoxy groups -OCH3 is 1. The second-order valence-corrected chi connectivity index (χ2v) is 5.38. The average Bonchev–Trinajstić information content (AvgIpc) is 3.05. The van der Waals surface area contributed by atoms with Gasteiger partial charge in [0.1, 0.15) is 5.78 Å². The highest BCUT2D eigenvalue weighted by molar-refractivity contribution is 5.79. The first-order valence-electron chi connectivity index (χ1n) is 6.45. The van der Waals surface area contributed by atoms with Crippen LogP contribution in [0.25, 0.3) is 0 Å². The molecule has 0 amide bonds. The molecular weight excluding hydrogens is 216 g/mol. The van der Waals surface area contributed by atoms with Gasteiger partial charge in [-0.2, -0.15) is 0 Å². The molecule has 4 atom stereocenters. The van der Waals surface area contributed by atoms with Crippen molar-refractivity contribution in [3.63, 3.8) is 0 Å². The maximum absolute atomic E-state index is 11.5. The van der Waals surface area contributed by atoms with Gasteiger partial charge in [0.2, 0.25) is 0 Å².